The summed E-state index contributed by atoms with van der Waals surface area (Å²) in [7, 11) is 1.75. The summed E-state index contributed by atoms with van der Waals surface area (Å²) in [5.74, 6) is 1.04. The predicted octanol–water partition coefficient (Wildman–Crippen LogP) is 2.89. The molecule has 0 unspecified atom stereocenters. The molecule has 18 heavy (non-hydrogen) atoms. The first-order valence-electron chi connectivity index (χ1n) is 6.12. The van der Waals surface area contributed by atoms with Crippen LogP contribution in [0.4, 0.5) is 5.82 Å². The number of halogens is 1. The first kappa shape index (κ1) is 14.8. The lowest BCUT2D eigenvalue weighted by Gasteiger charge is -2.23. The SMILES string of the molecule is CCN(CC(C)C)C(=O)c1cc(Cl)nc(NC)c1. The molecule has 4 nitrogen and oxygen atoms in total. The van der Waals surface area contributed by atoms with Crippen molar-refractivity contribution < 1.29 is 4.79 Å². The standard InChI is InChI=1S/C13H20ClN3O/c1-5-17(8-9(2)3)13(18)10-6-11(14)16-12(7-10)15-4/h6-7,9H,5,8H2,1-4H3,(H,15,16). The number of nitrogens with zero attached hydrogens (tertiary/aromatic N) is 2. The molecule has 0 aliphatic carbocycles. The average Bonchev–Trinajstić information content (AvgIpc) is 2.34. The van der Waals surface area contributed by atoms with Crippen molar-refractivity contribution in [1.82, 2.24) is 9.88 Å². The Balaban J connectivity index is 2.97. The van der Waals surface area contributed by atoms with Crippen LogP contribution in [0.15, 0.2) is 12.1 Å². The van der Waals surface area contributed by atoms with Gasteiger partial charge in [-0.05, 0) is 25.0 Å². The van der Waals surface area contributed by atoms with Gasteiger partial charge in [0.05, 0.1) is 0 Å². The quantitative estimate of drug-likeness (QED) is 0.836. The van der Waals surface area contributed by atoms with E-state index in [1.807, 2.05) is 11.8 Å². The van der Waals surface area contributed by atoms with Crippen molar-refractivity contribution in [2.45, 2.75) is 20.8 Å². The second kappa shape index (κ2) is 6.59. The van der Waals surface area contributed by atoms with Gasteiger partial charge in [-0.25, -0.2) is 4.98 Å². The van der Waals surface area contributed by atoms with Gasteiger partial charge in [0.15, 0.2) is 0 Å². The molecule has 0 spiro atoms. The molecule has 0 saturated carbocycles. The largest absolute Gasteiger partial charge is 0.373 e. The fraction of sp³-hybridized carbons (Fsp3) is 0.538. The fourth-order valence-electron chi connectivity index (χ4n) is 1.73. The van der Waals surface area contributed by atoms with Gasteiger partial charge in [-0.15, -0.1) is 0 Å². The van der Waals surface area contributed by atoms with E-state index in [-0.39, 0.29) is 5.91 Å². The van der Waals surface area contributed by atoms with E-state index >= 15 is 0 Å². The molecule has 1 heterocycles. The summed E-state index contributed by atoms with van der Waals surface area (Å²) < 4.78 is 0. The van der Waals surface area contributed by atoms with Crippen molar-refractivity contribution in [1.29, 1.82) is 0 Å². The molecule has 1 aromatic heterocycles. The lowest BCUT2D eigenvalue weighted by atomic mass is 10.1. The van der Waals surface area contributed by atoms with Gasteiger partial charge in [-0.3, -0.25) is 4.79 Å². The molecule has 0 atom stereocenters. The van der Waals surface area contributed by atoms with Crippen LogP contribution in [0.25, 0.3) is 0 Å². The number of aromatic nitrogens is 1. The molecule has 1 aromatic rings. The van der Waals surface area contributed by atoms with E-state index in [1.54, 1.807) is 19.2 Å². The highest BCUT2D eigenvalue weighted by Gasteiger charge is 2.16. The van der Waals surface area contributed by atoms with Gasteiger partial charge < -0.3 is 10.2 Å². The van der Waals surface area contributed by atoms with Crippen LogP contribution in [0.2, 0.25) is 5.15 Å². The van der Waals surface area contributed by atoms with Gasteiger partial charge in [-0.2, -0.15) is 0 Å². The Hall–Kier alpha value is -1.29. The maximum atomic E-state index is 12.3. The van der Waals surface area contributed by atoms with Crippen molar-refractivity contribution in [2.75, 3.05) is 25.5 Å². The topological polar surface area (TPSA) is 45.2 Å². The number of hydrogen-bond acceptors (Lipinski definition) is 3. The summed E-state index contributed by atoms with van der Waals surface area (Å²) in [6, 6.07) is 3.32. The minimum absolute atomic E-state index is 0.00741. The Morgan fingerprint density at radius 1 is 1.50 bits per heavy atom. The van der Waals surface area contributed by atoms with Gasteiger partial charge in [-0.1, -0.05) is 25.4 Å². The Bertz CT molecular complexity index is 421. The van der Waals surface area contributed by atoms with Crippen LogP contribution in [-0.4, -0.2) is 35.9 Å². The summed E-state index contributed by atoms with van der Waals surface area (Å²) >= 11 is 5.90. The Labute approximate surface area is 113 Å². The van der Waals surface area contributed by atoms with Crippen molar-refractivity contribution in [3.05, 3.63) is 22.8 Å². The Morgan fingerprint density at radius 3 is 2.67 bits per heavy atom. The first-order chi connectivity index (χ1) is 8.47. The molecule has 1 rings (SSSR count). The van der Waals surface area contributed by atoms with Gasteiger partial charge >= 0.3 is 0 Å². The zero-order valence-electron chi connectivity index (χ0n) is 11.3. The third-order valence-corrected chi connectivity index (χ3v) is 2.75. The molecular weight excluding hydrogens is 250 g/mol. The number of rotatable bonds is 5. The van der Waals surface area contributed by atoms with E-state index < -0.39 is 0 Å². The molecule has 0 bridgehead atoms. The second-order valence-corrected chi connectivity index (χ2v) is 4.94. The number of carbonyl (C=O) groups is 1. The monoisotopic (exact) mass is 269 g/mol. The molecule has 1 amide bonds. The average molecular weight is 270 g/mol. The number of hydrogen-bond donors (Lipinski definition) is 1. The maximum Gasteiger partial charge on any atom is 0.254 e. The van der Waals surface area contributed by atoms with E-state index in [0.29, 0.717) is 29.0 Å². The maximum absolute atomic E-state index is 12.3. The minimum atomic E-state index is -0.00741. The Kier molecular flexibility index (Phi) is 5.41. The third kappa shape index (κ3) is 3.88. The van der Waals surface area contributed by atoms with Gasteiger partial charge in [0.25, 0.3) is 5.91 Å². The zero-order chi connectivity index (χ0) is 13.7. The van der Waals surface area contributed by atoms with Gasteiger partial charge in [0.2, 0.25) is 0 Å². The van der Waals surface area contributed by atoms with E-state index in [4.69, 9.17) is 11.6 Å². The van der Waals surface area contributed by atoms with Crippen LogP contribution in [0.3, 0.4) is 0 Å². The van der Waals surface area contributed by atoms with Crippen molar-refractivity contribution in [3.63, 3.8) is 0 Å². The van der Waals surface area contributed by atoms with Gasteiger partial charge in [0.1, 0.15) is 11.0 Å². The number of amides is 1. The van der Waals surface area contributed by atoms with Crippen molar-refractivity contribution >= 4 is 23.3 Å². The number of pyridine rings is 1. The van der Waals surface area contributed by atoms with Gasteiger partial charge in [0, 0.05) is 25.7 Å². The summed E-state index contributed by atoms with van der Waals surface area (Å²) in [5, 5.41) is 3.22. The normalized spacial score (nSPS) is 10.6. The molecule has 1 N–H and O–H groups in total. The molecule has 0 aromatic carbocycles. The lowest BCUT2D eigenvalue weighted by molar-refractivity contribution is 0.0745. The first-order valence-corrected chi connectivity index (χ1v) is 6.50. The van der Waals surface area contributed by atoms with Crippen LogP contribution >= 0.6 is 11.6 Å². The van der Waals surface area contributed by atoms with Crippen LogP contribution in [0.1, 0.15) is 31.1 Å². The molecule has 0 radical (unpaired) electrons. The minimum Gasteiger partial charge on any atom is -0.373 e. The predicted molar refractivity (Wildman–Crippen MR) is 75.2 cm³/mol. The molecule has 0 aliphatic rings. The smallest absolute Gasteiger partial charge is 0.254 e. The highest BCUT2D eigenvalue weighted by atomic mass is 35.5. The number of carbonyl (C=O) groups excluding carboxylic acids is 1. The van der Waals surface area contributed by atoms with Crippen LogP contribution in [0, 0.1) is 5.92 Å². The summed E-state index contributed by atoms with van der Waals surface area (Å²) in [6.07, 6.45) is 0. The van der Waals surface area contributed by atoms with E-state index in [9.17, 15) is 4.79 Å². The van der Waals surface area contributed by atoms with E-state index in [2.05, 4.69) is 24.1 Å². The summed E-state index contributed by atoms with van der Waals surface area (Å²) in [4.78, 5) is 18.2. The number of anilines is 1. The molecule has 100 valence electrons. The molecule has 0 saturated heterocycles. The second-order valence-electron chi connectivity index (χ2n) is 4.55. The van der Waals surface area contributed by atoms with Crippen LogP contribution < -0.4 is 5.32 Å². The highest BCUT2D eigenvalue weighted by molar-refractivity contribution is 6.29. The fourth-order valence-corrected chi connectivity index (χ4v) is 1.94. The molecule has 0 fully saturated rings. The molecule has 5 heteroatoms. The summed E-state index contributed by atoms with van der Waals surface area (Å²) in [5.41, 5.74) is 0.571. The third-order valence-electron chi connectivity index (χ3n) is 2.55. The van der Waals surface area contributed by atoms with Crippen molar-refractivity contribution in [3.8, 4) is 0 Å². The van der Waals surface area contributed by atoms with E-state index in [1.165, 1.54) is 0 Å². The van der Waals surface area contributed by atoms with Crippen LogP contribution in [0.5, 0.6) is 0 Å². The van der Waals surface area contributed by atoms with E-state index in [0.717, 1.165) is 6.54 Å². The lowest BCUT2D eigenvalue weighted by Crippen LogP contribution is -2.34. The van der Waals surface area contributed by atoms with Crippen LogP contribution in [-0.2, 0) is 0 Å². The zero-order valence-corrected chi connectivity index (χ0v) is 12.1. The Morgan fingerprint density at radius 2 is 2.17 bits per heavy atom. The molecular formula is C13H20ClN3O. The molecule has 0 aliphatic heterocycles. The van der Waals surface area contributed by atoms with Crippen molar-refractivity contribution in [2.24, 2.45) is 5.92 Å². The highest BCUT2D eigenvalue weighted by Crippen LogP contribution is 2.16. The summed E-state index contributed by atoms with van der Waals surface area (Å²) in [6.45, 7) is 7.58. The number of nitrogens with one attached hydrogen (secondary N) is 1.